The van der Waals surface area contributed by atoms with E-state index in [-0.39, 0.29) is 17.4 Å². The molecule has 1 unspecified atom stereocenters. The first kappa shape index (κ1) is 11.5. The van der Waals surface area contributed by atoms with Gasteiger partial charge in [-0.3, -0.25) is 9.69 Å². The van der Waals surface area contributed by atoms with Gasteiger partial charge in [0.15, 0.2) is 0 Å². The van der Waals surface area contributed by atoms with E-state index in [4.69, 9.17) is 4.74 Å². The summed E-state index contributed by atoms with van der Waals surface area (Å²) in [5.41, 5.74) is -0.0650. The van der Waals surface area contributed by atoms with Crippen molar-refractivity contribution in [2.45, 2.75) is 45.7 Å². The Hall–Kier alpha value is -0.570. The lowest BCUT2D eigenvalue weighted by atomic mass is 9.85. The molecule has 3 heteroatoms. The normalized spacial score (nSPS) is 19.6. The Balaban J connectivity index is 2.75. The maximum absolute atomic E-state index is 11.7. The number of rotatable bonds is 3. The van der Waals surface area contributed by atoms with Gasteiger partial charge >= 0.3 is 5.97 Å². The van der Waals surface area contributed by atoms with E-state index in [1.54, 1.807) is 0 Å². The van der Waals surface area contributed by atoms with E-state index in [0.29, 0.717) is 6.04 Å². The van der Waals surface area contributed by atoms with Gasteiger partial charge in [-0.05, 0) is 25.3 Å². The van der Waals surface area contributed by atoms with Crippen LogP contribution in [-0.4, -0.2) is 37.1 Å². The smallest absolute Gasteiger partial charge is 0.323 e. The van der Waals surface area contributed by atoms with Crippen molar-refractivity contribution in [1.82, 2.24) is 4.90 Å². The monoisotopic (exact) mass is 199 g/mol. The summed E-state index contributed by atoms with van der Waals surface area (Å²) >= 11 is 0. The van der Waals surface area contributed by atoms with Gasteiger partial charge in [0.25, 0.3) is 0 Å². The van der Waals surface area contributed by atoms with E-state index >= 15 is 0 Å². The van der Waals surface area contributed by atoms with Crippen molar-refractivity contribution in [2.24, 2.45) is 5.41 Å². The minimum Gasteiger partial charge on any atom is -0.468 e. The number of nitrogens with zero attached hydrogens (tertiary/aromatic N) is 1. The summed E-state index contributed by atoms with van der Waals surface area (Å²) in [6.45, 7) is 6.23. The molecular weight excluding hydrogens is 178 g/mol. The van der Waals surface area contributed by atoms with Gasteiger partial charge in [0.1, 0.15) is 6.04 Å². The van der Waals surface area contributed by atoms with Crippen LogP contribution in [0.1, 0.15) is 33.6 Å². The second-order valence-corrected chi connectivity index (χ2v) is 5.19. The number of hydrogen-bond donors (Lipinski definition) is 0. The van der Waals surface area contributed by atoms with Gasteiger partial charge in [-0.2, -0.15) is 0 Å². The molecule has 1 aliphatic carbocycles. The average molecular weight is 199 g/mol. The third kappa shape index (κ3) is 2.47. The van der Waals surface area contributed by atoms with Gasteiger partial charge in [0.2, 0.25) is 0 Å². The fraction of sp³-hybridized carbons (Fsp3) is 0.909. The number of likely N-dealkylation sites (N-methyl/N-ethyl adjacent to an activating group) is 1. The molecule has 1 aliphatic rings. The minimum absolute atomic E-state index is 0.0650. The van der Waals surface area contributed by atoms with Gasteiger partial charge in [-0.1, -0.05) is 20.8 Å². The van der Waals surface area contributed by atoms with Crippen molar-refractivity contribution in [2.75, 3.05) is 14.2 Å². The summed E-state index contributed by atoms with van der Waals surface area (Å²) in [5.74, 6) is -0.119. The first-order valence-electron chi connectivity index (χ1n) is 5.17. The number of ether oxygens (including phenoxy) is 1. The van der Waals surface area contributed by atoms with Crippen LogP contribution in [0.25, 0.3) is 0 Å². The third-order valence-corrected chi connectivity index (χ3v) is 2.77. The third-order valence-electron chi connectivity index (χ3n) is 2.77. The Morgan fingerprint density at radius 2 is 1.93 bits per heavy atom. The van der Waals surface area contributed by atoms with Gasteiger partial charge < -0.3 is 4.74 Å². The second kappa shape index (κ2) is 3.89. The summed E-state index contributed by atoms with van der Waals surface area (Å²) in [6.07, 6.45) is 2.42. The van der Waals surface area contributed by atoms with Gasteiger partial charge in [0, 0.05) is 6.04 Å². The van der Waals surface area contributed by atoms with Crippen LogP contribution < -0.4 is 0 Å². The van der Waals surface area contributed by atoms with Crippen LogP contribution in [0.2, 0.25) is 0 Å². The molecule has 0 radical (unpaired) electrons. The van der Waals surface area contributed by atoms with E-state index in [9.17, 15) is 4.79 Å². The predicted molar refractivity (Wildman–Crippen MR) is 56.0 cm³/mol. The van der Waals surface area contributed by atoms with Gasteiger partial charge in [0.05, 0.1) is 7.11 Å². The summed E-state index contributed by atoms with van der Waals surface area (Å²) in [7, 11) is 3.48. The molecule has 0 saturated heterocycles. The van der Waals surface area contributed by atoms with E-state index in [2.05, 4.69) is 25.7 Å². The SMILES string of the molecule is COC(=O)C(N(C)C1CC1)C(C)(C)C. The van der Waals surface area contributed by atoms with E-state index < -0.39 is 0 Å². The molecule has 0 bridgehead atoms. The van der Waals surface area contributed by atoms with Crippen LogP contribution in [0.5, 0.6) is 0 Å². The summed E-state index contributed by atoms with van der Waals surface area (Å²) in [6, 6.07) is 0.457. The zero-order valence-corrected chi connectivity index (χ0v) is 9.83. The molecule has 0 spiro atoms. The second-order valence-electron chi connectivity index (χ2n) is 5.19. The zero-order valence-electron chi connectivity index (χ0n) is 9.83. The molecule has 1 rings (SSSR count). The van der Waals surface area contributed by atoms with E-state index in [0.717, 1.165) is 0 Å². The molecule has 82 valence electrons. The number of hydrogen-bond acceptors (Lipinski definition) is 3. The molecular formula is C11H21NO2. The first-order chi connectivity index (χ1) is 6.38. The van der Waals surface area contributed by atoms with Gasteiger partial charge in [-0.15, -0.1) is 0 Å². The van der Waals surface area contributed by atoms with Crippen molar-refractivity contribution in [1.29, 1.82) is 0 Å². The Morgan fingerprint density at radius 1 is 1.43 bits per heavy atom. The van der Waals surface area contributed by atoms with Gasteiger partial charge in [-0.25, -0.2) is 0 Å². The molecule has 3 nitrogen and oxygen atoms in total. The molecule has 0 aromatic rings. The fourth-order valence-electron chi connectivity index (χ4n) is 1.93. The number of carbonyl (C=O) groups excluding carboxylic acids is 1. The molecule has 0 amide bonds. The topological polar surface area (TPSA) is 29.5 Å². The van der Waals surface area contributed by atoms with Crippen molar-refractivity contribution in [3.8, 4) is 0 Å². The number of esters is 1. The van der Waals surface area contributed by atoms with Crippen LogP contribution in [0.4, 0.5) is 0 Å². The molecule has 0 aliphatic heterocycles. The lowest BCUT2D eigenvalue weighted by Crippen LogP contribution is -2.49. The highest BCUT2D eigenvalue weighted by atomic mass is 16.5. The molecule has 1 fully saturated rings. The summed E-state index contributed by atoms with van der Waals surface area (Å²) in [5, 5.41) is 0. The zero-order chi connectivity index (χ0) is 10.9. The molecule has 1 saturated carbocycles. The Morgan fingerprint density at radius 3 is 2.21 bits per heavy atom. The fourth-order valence-corrected chi connectivity index (χ4v) is 1.93. The highest BCUT2D eigenvalue weighted by Gasteiger charge is 2.41. The standard InChI is InChI=1S/C11H21NO2/c1-11(2,3)9(10(13)14-5)12(4)8-6-7-8/h8-9H,6-7H2,1-5H3. The molecule has 0 aromatic carbocycles. The van der Waals surface area contributed by atoms with Crippen LogP contribution in [0.3, 0.4) is 0 Å². The maximum Gasteiger partial charge on any atom is 0.323 e. The molecule has 0 heterocycles. The lowest BCUT2D eigenvalue weighted by molar-refractivity contribution is -0.151. The minimum atomic E-state index is -0.125. The van der Waals surface area contributed by atoms with Crippen molar-refractivity contribution < 1.29 is 9.53 Å². The Kier molecular flexibility index (Phi) is 3.20. The number of carbonyl (C=O) groups is 1. The number of methoxy groups -OCH3 is 1. The largest absolute Gasteiger partial charge is 0.468 e. The van der Waals surface area contributed by atoms with Crippen molar-refractivity contribution in [3.05, 3.63) is 0 Å². The molecule has 0 aromatic heterocycles. The average Bonchev–Trinajstić information content (AvgIpc) is 2.83. The van der Waals surface area contributed by atoms with Crippen molar-refractivity contribution in [3.63, 3.8) is 0 Å². The highest BCUT2D eigenvalue weighted by molar-refractivity contribution is 5.76. The maximum atomic E-state index is 11.7. The summed E-state index contributed by atoms with van der Waals surface area (Å²) < 4.78 is 4.86. The van der Waals surface area contributed by atoms with Crippen LogP contribution >= 0.6 is 0 Å². The lowest BCUT2D eigenvalue weighted by Gasteiger charge is -2.35. The summed E-state index contributed by atoms with van der Waals surface area (Å²) in [4.78, 5) is 13.8. The van der Waals surface area contributed by atoms with E-state index in [1.165, 1.54) is 20.0 Å². The van der Waals surface area contributed by atoms with Crippen LogP contribution in [0.15, 0.2) is 0 Å². The quantitative estimate of drug-likeness (QED) is 0.647. The Labute approximate surface area is 86.4 Å². The van der Waals surface area contributed by atoms with Crippen molar-refractivity contribution >= 4 is 5.97 Å². The molecule has 14 heavy (non-hydrogen) atoms. The van der Waals surface area contributed by atoms with Crippen LogP contribution in [-0.2, 0) is 9.53 Å². The van der Waals surface area contributed by atoms with E-state index in [1.807, 2.05) is 7.05 Å². The highest BCUT2D eigenvalue weighted by Crippen LogP contribution is 2.33. The van der Waals surface area contributed by atoms with Crippen LogP contribution in [0, 0.1) is 5.41 Å². The molecule has 1 atom stereocenters. The predicted octanol–water partition coefficient (Wildman–Crippen LogP) is 1.67. The molecule has 0 N–H and O–H groups in total. The first-order valence-corrected chi connectivity index (χ1v) is 5.17. The Bertz CT molecular complexity index is 216.